The summed E-state index contributed by atoms with van der Waals surface area (Å²) in [6, 6.07) is 1.55. The summed E-state index contributed by atoms with van der Waals surface area (Å²) in [5, 5.41) is 3.75. The van der Waals surface area contributed by atoms with E-state index in [1.807, 2.05) is 0 Å². The summed E-state index contributed by atoms with van der Waals surface area (Å²) in [6.07, 6.45) is 5.26. The Hall–Kier alpha value is -0.160. The molecule has 122 valence electrons. The molecule has 0 radical (unpaired) electrons. The molecule has 3 aliphatic rings. The van der Waals surface area contributed by atoms with Crippen molar-refractivity contribution >= 4 is 0 Å². The van der Waals surface area contributed by atoms with Gasteiger partial charge in [-0.15, -0.1) is 0 Å². The van der Waals surface area contributed by atoms with Crippen molar-refractivity contribution in [1.29, 1.82) is 0 Å². The van der Waals surface area contributed by atoms with Crippen LogP contribution < -0.4 is 5.32 Å². The van der Waals surface area contributed by atoms with Gasteiger partial charge in [-0.25, -0.2) is 0 Å². The lowest BCUT2D eigenvalue weighted by Crippen LogP contribution is -2.53. The number of hydrogen-bond acceptors (Lipinski definition) is 4. The smallest absolute Gasteiger partial charge is 0.0547 e. The van der Waals surface area contributed by atoms with Crippen LogP contribution in [0.15, 0.2) is 0 Å². The van der Waals surface area contributed by atoms with E-state index in [4.69, 9.17) is 4.74 Å². The monoisotopic (exact) mass is 295 g/mol. The molecule has 0 aromatic heterocycles. The Bertz CT molecular complexity index is 318. The summed E-state index contributed by atoms with van der Waals surface area (Å²) >= 11 is 0. The molecule has 0 bridgehead atoms. The maximum atomic E-state index is 5.75. The van der Waals surface area contributed by atoms with Crippen molar-refractivity contribution in [2.75, 3.05) is 52.5 Å². The first kappa shape index (κ1) is 15.7. The molecule has 4 nitrogen and oxygen atoms in total. The van der Waals surface area contributed by atoms with Gasteiger partial charge in [-0.1, -0.05) is 6.92 Å². The van der Waals surface area contributed by atoms with E-state index < -0.39 is 0 Å². The van der Waals surface area contributed by atoms with Crippen LogP contribution in [0.3, 0.4) is 0 Å². The lowest BCUT2D eigenvalue weighted by molar-refractivity contribution is 0.0571. The van der Waals surface area contributed by atoms with Crippen LogP contribution in [0, 0.1) is 5.41 Å². The Labute approximate surface area is 130 Å². The zero-order chi connectivity index (χ0) is 14.7. The zero-order valence-electron chi connectivity index (χ0n) is 13.9. The van der Waals surface area contributed by atoms with Crippen LogP contribution in [0.25, 0.3) is 0 Å². The maximum Gasteiger partial charge on any atom is 0.0547 e. The highest BCUT2D eigenvalue weighted by Crippen LogP contribution is 2.31. The van der Waals surface area contributed by atoms with E-state index in [0.29, 0.717) is 5.41 Å². The van der Waals surface area contributed by atoms with Crippen molar-refractivity contribution in [3.05, 3.63) is 0 Å². The first-order valence-corrected chi connectivity index (χ1v) is 8.98. The third kappa shape index (κ3) is 4.19. The predicted octanol–water partition coefficient (Wildman–Crippen LogP) is 1.56. The van der Waals surface area contributed by atoms with Gasteiger partial charge in [0.15, 0.2) is 0 Å². The standard InChI is InChI=1S/C17H33N3O/c1-3-15(2)20-9-7-19(8-10-20)13-17(6-11-21-14-17)12-18-16-4-5-16/h15-16,18H,3-14H2,1-2H3. The van der Waals surface area contributed by atoms with Gasteiger partial charge in [0.2, 0.25) is 0 Å². The quantitative estimate of drug-likeness (QED) is 0.771. The molecule has 2 unspecified atom stereocenters. The molecular formula is C17H33N3O. The van der Waals surface area contributed by atoms with Crippen LogP contribution in [0.1, 0.15) is 39.5 Å². The predicted molar refractivity (Wildman–Crippen MR) is 86.7 cm³/mol. The van der Waals surface area contributed by atoms with Crippen LogP contribution in [-0.4, -0.2) is 74.4 Å². The highest BCUT2D eigenvalue weighted by Gasteiger charge is 2.38. The number of piperazine rings is 1. The Morgan fingerprint density at radius 3 is 2.57 bits per heavy atom. The largest absolute Gasteiger partial charge is 0.381 e. The van der Waals surface area contributed by atoms with E-state index in [-0.39, 0.29) is 0 Å². The first-order chi connectivity index (χ1) is 10.2. The van der Waals surface area contributed by atoms with Crippen molar-refractivity contribution in [1.82, 2.24) is 15.1 Å². The van der Waals surface area contributed by atoms with Gasteiger partial charge in [-0.05, 0) is 32.6 Å². The number of ether oxygens (including phenoxy) is 1. The van der Waals surface area contributed by atoms with Crippen molar-refractivity contribution in [3.63, 3.8) is 0 Å². The highest BCUT2D eigenvalue weighted by molar-refractivity contribution is 4.93. The molecule has 1 saturated carbocycles. The fourth-order valence-corrected chi connectivity index (χ4v) is 3.71. The average Bonchev–Trinajstić information content (AvgIpc) is 3.25. The zero-order valence-corrected chi connectivity index (χ0v) is 13.9. The maximum absolute atomic E-state index is 5.75. The number of hydrogen-bond donors (Lipinski definition) is 1. The molecule has 3 fully saturated rings. The summed E-state index contributed by atoms with van der Waals surface area (Å²) in [4.78, 5) is 5.33. The fraction of sp³-hybridized carbons (Fsp3) is 1.00. The molecule has 2 heterocycles. The van der Waals surface area contributed by atoms with Crippen LogP contribution in [0.5, 0.6) is 0 Å². The molecular weight excluding hydrogens is 262 g/mol. The second-order valence-electron chi connectivity index (χ2n) is 7.53. The molecule has 3 rings (SSSR count). The number of nitrogens with one attached hydrogen (secondary N) is 1. The molecule has 2 saturated heterocycles. The second kappa shape index (κ2) is 6.95. The third-order valence-corrected chi connectivity index (χ3v) is 5.71. The number of nitrogens with zero attached hydrogens (tertiary/aromatic N) is 2. The first-order valence-electron chi connectivity index (χ1n) is 8.98. The van der Waals surface area contributed by atoms with Crippen LogP contribution >= 0.6 is 0 Å². The van der Waals surface area contributed by atoms with Crippen molar-refractivity contribution < 1.29 is 4.74 Å². The van der Waals surface area contributed by atoms with Gasteiger partial charge in [0.05, 0.1) is 6.61 Å². The average molecular weight is 295 g/mol. The van der Waals surface area contributed by atoms with Crippen molar-refractivity contribution in [2.24, 2.45) is 5.41 Å². The van der Waals surface area contributed by atoms with Gasteiger partial charge in [0, 0.05) is 63.4 Å². The topological polar surface area (TPSA) is 27.7 Å². The Morgan fingerprint density at radius 1 is 1.24 bits per heavy atom. The normalized spacial score (nSPS) is 33.4. The number of rotatable bonds is 7. The van der Waals surface area contributed by atoms with Gasteiger partial charge in [0.25, 0.3) is 0 Å². The molecule has 0 spiro atoms. The molecule has 1 N–H and O–H groups in total. The van der Waals surface area contributed by atoms with E-state index >= 15 is 0 Å². The lowest BCUT2D eigenvalue weighted by Gasteiger charge is -2.41. The molecule has 2 aliphatic heterocycles. The van der Waals surface area contributed by atoms with Gasteiger partial charge >= 0.3 is 0 Å². The molecule has 4 heteroatoms. The van der Waals surface area contributed by atoms with Crippen LogP contribution in [0.4, 0.5) is 0 Å². The molecule has 0 aromatic carbocycles. The van der Waals surface area contributed by atoms with Crippen molar-refractivity contribution in [3.8, 4) is 0 Å². The Balaban J connectivity index is 1.47. The summed E-state index contributed by atoms with van der Waals surface area (Å²) in [6.45, 7) is 13.9. The van der Waals surface area contributed by atoms with E-state index in [0.717, 1.165) is 31.8 Å². The minimum atomic E-state index is 0.376. The van der Waals surface area contributed by atoms with E-state index in [1.165, 1.54) is 58.4 Å². The Kier molecular flexibility index (Phi) is 5.20. The minimum absolute atomic E-state index is 0.376. The van der Waals surface area contributed by atoms with E-state index in [9.17, 15) is 0 Å². The third-order valence-electron chi connectivity index (χ3n) is 5.71. The summed E-state index contributed by atoms with van der Waals surface area (Å²) in [5.41, 5.74) is 0.376. The lowest BCUT2D eigenvalue weighted by atomic mass is 9.86. The highest BCUT2D eigenvalue weighted by atomic mass is 16.5. The van der Waals surface area contributed by atoms with E-state index in [2.05, 4.69) is 29.0 Å². The second-order valence-corrected chi connectivity index (χ2v) is 7.53. The fourth-order valence-electron chi connectivity index (χ4n) is 3.71. The SMILES string of the molecule is CCC(C)N1CCN(CC2(CNC3CC3)CCOC2)CC1. The summed E-state index contributed by atoms with van der Waals surface area (Å²) in [7, 11) is 0. The molecule has 2 atom stereocenters. The van der Waals surface area contributed by atoms with Crippen LogP contribution in [0.2, 0.25) is 0 Å². The molecule has 1 aliphatic carbocycles. The van der Waals surface area contributed by atoms with E-state index in [1.54, 1.807) is 0 Å². The Morgan fingerprint density at radius 2 is 2.00 bits per heavy atom. The summed E-state index contributed by atoms with van der Waals surface area (Å²) < 4.78 is 5.75. The van der Waals surface area contributed by atoms with Gasteiger partial charge in [-0.3, -0.25) is 4.90 Å². The van der Waals surface area contributed by atoms with Gasteiger partial charge in [0.1, 0.15) is 0 Å². The molecule has 21 heavy (non-hydrogen) atoms. The minimum Gasteiger partial charge on any atom is -0.381 e. The molecule has 0 aromatic rings. The molecule has 0 amide bonds. The van der Waals surface area contributed by atoms with Gasteiger partial charge in [-0.2, -0.15) is 0 Å². The van der Waals surface area contributed by atoms with Crippen LogP contribution in [-0.2, 0) is 4.74 Å². The summed E-state index contributed by atoms with van der Waals surface area (Å²) in [5.74, 6) is 0. The van der Waals surface area contributed by atoms with Crippen molar-refractivity contribution in [2.45, 2.75) is 51.6 Å². The van der Waals surface area contributed by atoms with Gasteiger partial charge < -0.3 is 15.0 Å².